The fourth-order valence-electron chi connectivity index (χ4n) is 3.03. The van der Waals surface area contributed by atoms with E-state index in [4.69, 9.17) is 30.8 Å². The number of ether oxygens (including phenoxy) is 3. The number of nitrogens with zero attached hydrogens (tertiary/aromatic N) is 2. The number of methoxy groups -OCH3 is 1. The Bertz CT molecular complexity index is 965. The highest BCUT2D eigenvalue weighted by atomic mass is 32.2. The first-order chi connectivity index (χ1) is 15.6. The number of carbonyl (C=O) groups is 2. The summed E-state index contributed by atoms with van der Waals surface area (Å²) in [5.41, 5.74) is 10.6. The van der Waals surface area contributed by atoms with Crippen molar-refractivity contribution in [3.8, 4) is 11.5 Å². The fourth-order valence-corrected chi connectivity index (χ4v) is 4.27. The molecule has 6 N–H and O–H groups in total. The summed E-state index contributed by atoms with van der Waals surface area (Å²) in [6, 6.07) is 2.84. The van der Waals surface area contributed by atoms with Gasteiger partial charge in [0.05, 0.1) is 11.5 Å². The van der Waals surface area contributed by atoms with Gasteiger partial charge in [0.25, 0.3) is 0 Å². The number of amides is 1. The van der Waals surface area contributed by atoms with Crippen LogP contribution in [0.5, 0.6) is 11.5 Å². The van der Waals surface area contributed by atoms with Crippen LogP contribution in [0, 0.1) is 0 Å². The summed E-state index contributed by atoms with van der Waals surface area (Å²) in [5.74, 6) is -1.40. The Morgan fingerprint density at radius 1 is 1.27 bits per heavy atom. The van der Waals surface area contributed by atoms with Gasteiger partial charge in [-0.2, -0.15) is 4.72 Å². The van der Waals surface area contributed by atoms with Crippen LogP contribution in [-0.4, -0.2) is 88.9 Å². The van der Waals surface area contributed by atoms with Crippen molar-refractivity contribution >= 4 is 27.9 Å². The van der Waals surface area contributed by atoms with Crippen molar-refractivity contribution in [3.05, 3.63) is 18.2 Å². The summed E-state index contributed by atoms with van der Waals surface area (Å²) in [7, 11) is -2.77. The standard InChI is InChI=1S/C19H29N5O8S/c1-30-8-7-24(12-17(25)26)18(27)14(3-2-6-22-19(20)21)23-33(28,29)13-4-5-15-16(11-13)32-10-9-31-15/h4-5,11,14,23H,2-3,6-10,12H2,1H3,(H,25,26)(H4,20,21,22). The minimum absolute atomic E-state index is 0.0300. The van der Waals surface area contributed by atoms with Gasteiger partial charge in [0.2, 0.25) is 15.9 Å². The number of carboxylic acids is 1. The SMILES string of the molecule is COCCN(CC(=O)O)C(=O)C(CCCN=C(N)N)NS(=O)(=O)c1ccc2c(c1)OCCO2. The lowest BCUT2D eigenvalue weighted by Gasteiger charge is -2.26. The number of hydrogen-bond acceptors (Lipinski definition) is 8. The van der Waals surface area contributed by atoms with Gasteiger partial charge in [-0.3, -0.25) is 14.6 Å². The van der Waals surface area contributed by atoms with Crippen LogP contribution in [0.1, 0.15) is 12.8 Å². The van der Waals surface area contributed by atoms with Crippen molar-refractivity contribution in [3.63, 3.8) is 0 Å². The Hall–Kier alpha value is -3.10. The van der Waals surface area contributed by atoms with Crippen molar-refractivity contribution in [2.75, 3.05) is 46.6 Å². The quantitative estimate of drug-likeness (QED) is 0.148. The van der Waals surface area contributed by atoms with E-state index in [0.29, 0.717) is 12.4 Å². The molecule has 1 unspecified atom stereocenters. The van der Waals surface area contributed by atoms with Gasteiger partial charge >= 0.3 is 5.97 Å². The Morgan fingerprint density at radius 2 is 1.97 bits per heavy atom. The summed E-state index contributed by atoms with van der Waals surface area (Å²) >= 11 is 0. The second-order valence-corrected chi connectivity index (χ2v) is 8.79. The largest absolute Gasteiger partial charge is 0.486 e. The number of aliphatic carboxylic acids is 1. The monoisotopic (exact) mass is 487 g/mol. The molecular weight excluding hydrogens is 458 g/mol. The number of aliphatic imine (C=N–C) groups is 1. The third-order valence-corrected chi connectivity index (χ3v) is 6.04. The molecule has 0 aliphatic carbocycles. The zero-order chi connectivity index (χ0) is 24.4. The highest BCUT2D eigenvalue weighted by Crippen LogP contribution is 2.32. The zero-order valence-corrected chi connectivity index (χ0v) is 19.0. The second kappa shape index (κ2) is 12.2. The average molecular weight is 488 g/mol. The van der Waals surface area contributed by atoms with Gasteiger partial charge in [-0.1, -0.05) is 0 Å². The minimum Gasteiger partial charge on any atom is -0.486 e. The molecule has 0 aromatic heterocycles. The first kappa shape index (κ1) is 26.2. The summed E-state index contributed by atoms with van der Waals surface area (Å²) in [6.45, 7) is 0.226. The molecule has 1 aromatic carbocycles. The molecule has 1 aromatic rings. The predicted octanol–water partition coefficient (Wildman–Crippen LogP) is -1.28. The lowest BCUT2D eigenvalue weighted by molar-refractivity contribution is -0.145. The second-order valence-electron chi connectivity index (χ2n) is 7.07. The topological polar surface area (TPSA) is 196 Å². The molecule has 2 rings (SSSR count). The molecule has 0 saturated heterocycles. The van der Waals surface area contributed by atoms with E-state index in [0.717, 1.165) is 4.90 Å². The van der Waals surface area contributed by atoms with E-state index in [-0.39, 0.29) is 55.7 Å². The summed E-state index contributed by atoms with van der Waals surface area (Å²) in [4.78, 5) is 29.1. The molecule has 1 amide bonds. The molecule has 1 atom stereocenters. The van der Waals surface area contributed by atoms with Gasteiger partial charge in [0, 0.05) is 26.3 Å². The van der Waals surface area contributed by atoms with Crippen LogP contribution >= 0.6 is 0 Å². The predicted molar refractivity (Wildman–Crippen MR) is 118 cm³/mol. The third-order valence-electron chi connectivity index (χ3n) is 4.57. The molecule has 33 heavy (non-hydrogen) atoms. The summed E-state index contributed by atoms with van der Waals surface area (Å²) in [6.07, 6.45) is 0.297. The molecule has 0 bridgehead atoms. The van der Waals surface area contributed by atoms with Gasteiger partial charge in [0.15, 0.2) is 17.5 Å². The molecule has 1 aliphatic rings. The normalized spacial score (nSPS) is 13.7. The number of carboxylic acid groups (broad SMARTS) is 1. The first-order valence-corrected chi connectivity index (χ1v) is 11.6. The number of fused-ring (bicyclic) bond motifs is 1. The van der Waals surface area contributed by atoms with Crippen LogP contribution in [0.4, 0.5) is 0 Å². The number of guanidine groups is 1. The molecule has 0 spiro atoms. The van der Waals surface area contributed by atoms with Crippen LogP contribution in [0.3, 0.4) is 0 Å². The van der Waals surface area contributed by atoms with E-state index in [9.17, 15) is 18.0 Å². The van der Waals surface area contributed by atoms with Gasteiger partial charge in [-0.05, 0) is 25.0 Å². The number of sulfonamides is 1. The van der Waals surface area contributed by atoms with Crippen molar-refractivity contribution in [1.82, 2.24) is 9.62 Å². The van der Waals surface area contributed by atoms with E-state index in [2.05, 4.69) is 9.71 Å². The Balaban J connectivity index is 2.26. The molecule has 13 nitrogen and oxygen atoms in total. The van der Waals surface area contributed by atoms with E-state index >= 15 is 0 Å². The van der Waals surface area contributed by atoms with Gasteiger partial charge in [-0.25, -0.2) is 8.42 Å². The minimum atomic E-state index is -4.17. The number of benzene rings is 1. The number of nitrogens with one attached hydrogen (secondary N) is 1. The van der Waals surface area contributed by atoms with Crippen molar-refractivity contribution in [2.45, 2.75) is 23.8 Å². The van der Waals surface area contributed by atoms with E-state index in [1.165, 1.54) is 25.3 Å². The lowest BCUT2D eigenvalue weighted by Crippen LogP contribution is -2.50. The van der Waals surface area contributed by atoms with Gasteiger partial charge in [-0.15, -0.1) is 0 Å². The molecule has 0 fully saturated rings. The smallest absolute Gasteiger partial charge is 0.323 e. The molecule has 1 aliphatic heterocycles. The molecule has 1 heterocycles. The van der Waals surface area contributed by atoms with Crippen LogP contribution < -0.4 is 25.7 Å². The Labute approximate surface area is 191 Å². The van der Waals surface area contributed by atoms with E-state index in [1.807, 2.05) is 0 Å². The highest BCUT2D eigenvalue weighted by molar-refractivity contribution is 7.89. The molecule has 0 saturated carbocycles. The summed E-state index contributed by atoms with van der Waals surface area (Å²) in [5, 5.41) is 9.17. The van der Waals surface area contributed by atoms with Crippen molar-refractivity contribution in [2.24, 2.45) is 16.5 Å². The number of nitrogens with two attached hydrogens (primary N) is 2. The Kier molecular flexibility index (Phi) is 9.69. The van der Waals surface area contributed by atoms with Crippen molar-refractivity contribution < 1.29 is 37.3 Å². The van der Waals surface area contributed by atoms with Crippen LogP contribution in [0.25, 0.3) is 0 Å². The number of hydrogen-bond donors (Lipinski definition) is 4. The average Bonchev–Trinajstić information content (AvgIpc) is 2.77. The highest BCUT2D eigenvalue weighted by Gasteiger charge is 2.30. The number of rotatable bonds is 13. The fraction of sp³-hybridized carbons (Fsp3) is 0.526. The van der Waals surface area contributed by atoms with E-state index in [1.54, 1.807) is 0 Å². The van der Waals surface area contributed by atoms with Crippen molar-refractivity contribution in [1.29, 1.82) is 0 Å². The third kappa shape index (κ3) is 8.07. The number of carbonyl (C=O) groups excluding carboxylic acids is 1. The van der Waals surface area contributed by atoms with Crippen LogP contribution in [0.2, 0.25) is 0 Å². The molecule has 14 heteroatoms. The van der Waals surface area contributed by atoms with Crippen LogP contribution in [-0.2, 0) is 24.3 Å². The van der Waals surface area contributed by atoms with Gasteiger partial charge in [0.1, 0.15) is 25.8 Å². The zero-order valence-electron chi connectivity index (χ0n) is 18.2. The molecule has 0 radical (unpaired) electrons. The first-order valence-electron chi connectivity index (χ1n) is 10.1. The Morgan fingerprint density at radius 3 is 2.61 bits per heavy atom. The maximum Gasteiger partial charge on any atom is 0.323 e. The van der Waals surface area contributed by atoms with Crippen LogP contribution in [0.15, 0.2) is 28.1 Å². The molecule has 184 valence electrons. The summed E-state index contributed by atoms with van der Waals surface area (Å²) < 4.78 is 44.2. The maximum atomic E-state index is 13.1. The molecular formula is C19H29N5O8S. The lowest BCUT2D eigenvalue weighted by atomic mass is 10.1. The van der Waals surface area contributed by atoms with Gasteiger partial charge < -0.3 is 35.7 Å². The maximum absolute atomic E-state index is 13.1. The van der Waals surface area contributed by atoms with E-state index < -0.39 is 34.5 Å².